The SMILES string of the molecule is N#Cc1c(-c2ccc(NC(=O)c3cccs3)cc2)nc(Nc2ccc(Cl)cc2)[nH]c1=O. The number of aromatic amines is 1. The Kier molecular flexibility index (Phi) is 5.80. The van der Waals surface area contributed by atoms with E-state index < -0.39 is 5.56 Å². The van der Waals surface area contributed by atoms with E-state index in [1.807, 2.05) is 11.4 Å². The molecule has 0 aliphatic heterocycles. The van der Waals surface area contributed by atoms with Gasteiger partial charge in [0, 0.05) is 22.0 Å². The number of nitriles is 1. The van der Waals surface area contributed by atoms with Gasteiger partial charge in [0.2, 0.25) is 5.95 Å². The molecule has 0 saturated heterocycles. The van der Waals surface area contributed by atoms with Gasteiger partial charge in [-0.25, -0.2) is 4.98 Å². The fourth-order valence-corrected chi connectivity index (χ4v) is 3.57. The van der Waals surface area contributed by atoms with Gasteiger partial charge in [0.1, 0.15) is 11.6 Å². The maximum atomic E-state index is 12.4. The first kappa shape index (κ1) is 20.3. The molecule has 1 amide bonds. The monoisotopic (exact) mass is 447 g/mol. The zero-order chi connectivity index (χ0) is 21.8. The van der Waals surface area contributed by atoms with Crippen molar-refractivity contribution in [1.82, 2.24) is 9.97 Å². The fraction of sp³-hybridized carbons (Fsp3) is 0. The predicted octanol–water partition coefficient (Wildman–Crippen LogP) is 5.02. The van der Waals surface area contributed by atoms with Crippen molar-refractivity contribution in [3.8, 4) is 17.3 Å². The van der Waals surface area contributed by atoms with E-state index in [1.165, 1.54) is 11.3 Å². The van der Waals surface area contributed by atoms with E-state index in [2.05, 4.69) is 20.6 Å². The molecule has 0 radical (unpaired) electrons. The first-order valence-corrected chi connectivity index (χ1v) is 10.3. The van der Waals surface area contributed by atoms with Gasteiger partial charge in [0.25, 0.3) is 11.5 Å². The summed E-state index contributed by atoms with van der Waals surface area (Å²) in [5, 5.41) is 17.7. The van der Waals surface area contributed by atoms with E-state index in [-0.39, 0.29) is 23.1 Å². The third kappa shape index (κ3) is 4.64. The van der Waals surface area contributed by atoms with Gasteiger partial charge in [-0.05, 0) is 47.8 Å². The van der Waals surface area contributed by atoms with Crippen molar-refractivity contribution in [1.29, 1.82) is 5.26 Å². The van der Waals surface area contributed by atoms with E-state index in [4.69, 9.17) is 11.6 Å². The van der Waals surface area contributed by atoms with Crippen molar-refractivity contribution in [2.24, 2.45) is 0 Å². The number of aromatic nitrogens is 2. The summed E-state index contributed by atoms with van der Waals surface area (Å²) in [7, 11) is 0. The van der Waals surface area contributed by atoms with Crippen molar-refractivity contribution >= 4 is 46.2 Å². The lowest BCUT2D eigenvalue weighted by atomic mass is 10.1. The number of H-pyrrole nitrogens is 1. The Hall–Kier alpha value is -3.93. The lowest BCUT2D eigenvalue weighted by Gasteiger charge is -2.10. The van der Waals surface area contributed by atoms with Crippen molar-refractivity contribution in [3.63, 3.8) is 0 Å². The molecule has 2 heterocycles. The third-order valence-electron chi connectivity index (χ3n) is 4.30. The average Bonchev–Trinajstić information content (AvgIpc) is 3.31. The molecule has 9 heteroatoms. The number of nitrogens with zero attached hydrogens (tertiary/aromatic N) is 2. The Labute approximate surface area is 186 Å². The summed E-state index contributed by atoms with van der Waals surface area (Å²) < 4.78 is 0. The van der Waals surface area contributed by atoms with Crippen LogP contribution in [0.4, 0.5) is 17.3 Å². The number of carbonyl (C=O) groups is 1. The van der Waals surface area contributed by atoms with Crippen molar-refractivity contribution in [2.45, 2.75) is 0 Å². The Morgan fingerprint density at radius 1 is 1.06 bits per heavy atom. The van der Waals surface area contributed by atoms with E-state index in [9.17, 15) is 14.9 Å². The molecule has 2 aromatic heterocycles. The van der Waals surface area contributed by atoms with E-state index in [1.54, 1.807) is 60.7 Å². The molecule has 152 valence electrons. The number of hydrogen-bond acceptors (Lipinski definition) is 6. The topological polar surface area (TPSA) is 111 Å². The first-order chi connectivity index (χ1) is 15.0. The molecule has 4 rings (SSSR count). The minimum atomic E-state index is -0.556. The minimum Gasteiger partial charge on any atom is -0.326 e. The summed E-state index contributed by atoms with van der Waals surface area (Å²) in [5.41, 5.74) is 1.41. The summed E-state index contributed by atoms with van der Waals surface area (Å²) in [5.74, 6) is -0.0133. The number of amides is 1. The van der Waals surface area contributed by atoms with Crippen LogP contribution >= 0.6 is 22.9 Å². The Morgan fingerprint density at radius 2 is 1.77 bits per heavy atom. The van der Waals surface area contributed by atoms with Crippen LogP contribution in [-0.2, 0) is 0 Å². The van der Waals surface area contributed by atoms with E-state index in [0.29, 0.717) is 26.8 Å². The number of halogens is 1. The van der Waals surface area contributed by atoms with Crippen LogP contribution in [0.25, 0.3) is 11.3 Å². The highest BCUT2D eigenvalue weighted by Crippen LogP contribution is 2.24. The fourth-order valence-electron chi connectivity index (χ4n) is 2.83. The molecule has 31 heavy (non-hydrogen) atoms. The summed E-state index contributed by atoms with van der Waals surface area (Å²) >= 11 is 7.24. The van der Waals surface area contributed by atoms with Gasteiger partial charge in [-0.1, -0.05) is 29.8 Å². The molecule has 0 fully saturated rings. The van der Waals surface area contributed by atoms with E-state index >= 15 is 0 Å². The van der Waals surface area contributed by atoms with Gasteiger partial charge < -0.3 is 10.6 Å². The zero-order valence-corrected chi connectivity index (χ0v) is 17.4. The van der Waals surface area contributed by atoms with Gasteiger partial charge in [-0.2, -0.15) is 5.26 Å². The Bertz CT molecular complexity index is 1320. The lowest BCUT2D eigenvalue weighted by molar-refractivity contribution is 0.103. The number of anilines is 3. The quantitative estimate of drug-likeness (QED) is 0.398. The molecule has 0 saturated carbocycles. The maximum absolute atomic E-state index is 12.4. The van der Waals surface area contributed by atoms with Gasteiger partial charge in [-0.3, -0.25) is 14.6 Å². The second kappa shape index (κ2) is 8.83. The Balaban J connectivity index is 1.62. The first-order valence-electron chi connectivity index (χ1n) is 9.06. The number of hydrogen-bond donors (Lipinski definition) is 3. The highest BCUT2D eigenvalue weighted by molar-refractivity contribution is 7.12. The molecule has 3 N–H and O–H groups in total. The second-order valence-electron chi connectivity index (χ2n) is 6.39. The smallest absolute Gasteiger partial charge is 0.270 e. The number of nitrogens with one attached hydrogen (secondary N) is 3. The standard InChI is InChI=1S/C22H14ClN5O2S/c23-14-5-9-16(10-6-14)26-22-27-19(17(12-24)20(29)28-22)13-3-7-15(8-4-13)25-21(30)18-2-1-11-31-18/h1-11H,(H,25,30)(H2,26,27,28,29). The highest BCUT2D eigenvalue weighted by Gasteiger charge is 2.14. The number of carbonyl (C=O) groups excluding carboxylic acids is 1. The van der Waals surface area contributed by atoms with Crippen molar-refractivity contribution in [2.75, 3.05) is 10.6 Å². The third-order valence-corrected chi connectivity index (χ3v) is 5.42. The van der Waals surface area contributed by atoms with Gasteiger partial charge in [-0.15, -0.1) is 11.3 Å². The second-order valence-corrected chi connectivity index (χ2v) is 7.77. The molecule has 0 atom stereocenters. The van der Waals surface area contributed by atoms with Crippen molar-refractivity contribution in [3.05, 3.63) is 91.9 Å². The van der Waals surface area contributed by atoms with Crippen LogP contribution in [-0.4, -0.2) is 15.9 Å². The van der Waals surface area contributed by atoms with Crippen molar-refractivity contribution < 1.29 is 4.79 Å². The maximum Gasteiger partial charge on any atom is 0.270 e. The number of rotatable bonds is 5. The summed E-state index contributed by atoms with van der Waals surface area (Å²) in [6, 6.07) is 19.1. The lowest BCUT2D eigenvalue weighted by Crippen LogP contribution is -2.16. The van der Waals surface area contributed by atoms with Crippen LogP contribution < -0.4 is 16.2 Å². The van der Waals surface area contributed by atoms with Crippen LogP contribution in [0.3, 0.4) is 0 Å². The molecule has 0 aliphatic rings. The average molecular weight is 448 g/mol. The molecule has 7 nitrogen and oxygen atoms in total. The number of thiophene rings is 1. The summed E-state index contributed by atoms with van der Waals surface area (Å²) in [6.45, 7) is 0. The van der Waals surface area contributed by atoms with Gasteiger partial charge in [0.15, 0.2) is 0 Å². The van der Waals surface area contributed by atoms with E-state index in [0.717, 1.165) is 0 Å². The Morgan fingerprint density at radius 3 is 2.42 bits per heavy atom. The van der Waals surface area contributed by atoms with Gasteiger partial charge >= 0.3 is 0 Å². The normalized spacial score (nSPS) is 10.3. The predicted molar refractivity (Wildman–Crippen MR) is 122 cm³/mol. The zero-order valence-electron chi connectivity index (χ0n) is 15.8. The summed E-state index contributed by atoms with van der Waals surface area (Å²) in [6.07, 6.45) is 0. The van der Waals surface area contributed by atoms with Crippen LogP contribution in [0.15, 0.2) is 70.8 Å². The molecule has 2 aromatic carbocycles. The molecular weight excluding hydrogens is 434 g/mol. The minimum absolute atomic E-state index is 0.1000. The molecular formula is C22H14ClN5O2S. The molecule has 0 spiro atoms. The molecule has 4 aromatic rings. The van der Waals surface area contributed by atoms with Crippen LogP contribution in [0.1, 0.15) is 15.2 Å². The summed E-state index contributed by atoms with van der Waals surface area (Å²) in [4.78, 5) is 32.2. The largest absolute Gasteiger partial charge is 0.326 e. The molecule has 0 bridgehead atoms. The molecule has 0 aliphatic carbocycles. The van der Waals surface area contributed by atoms with Crippen LogP contribution in [0, 0.1) is 11.3 Å². The van der Waals surface area contributed by atoms with Crippen LogP contribution in [0.2, 0.25) is 5.02 Å². The van der Waals surface area contributed by atoms with Crippen LogP contribution in [0.5, 0.6) is 0 Å². The number of benzene rings is 2. The molecule has 0 unspecified atom stereocenters. The van der Waals surface area contributed by atoms with Gasteiger partial charge in [0.05, 0.1) is 10.6 Å². The highest BCUT2D eigenvalue weighted by atomic mass is 35.5.